The molecule has 0 spiro atoms. The first-order valence-electron chi connectivity index (χ1n) is 8.15. The van der Waals surface area contributed by atoms with Gasteiger partial charge in [-0.2, -0.15) is 9.40 Å². The molecule has 0 aliphatic heterocycles. The molecule has 0 fully saturated rings. The SMILES string of the molecule is CCCCN(CCCC)S(=O)(=O)c1ccc(-c2ccc(=O)[nH]n2)s1. The Morgan fingerprint density at radius 3 is 2.29 bits per heavy atom. The van der Waals surface area contributed by atoms with Gasteiger partial charge < -0.3 is 0 Å². The van der Waals surface area contributed by atoms with E-state index in [0.717, 1.165) is 30.6 Å². The van der Waals surface area contributed by atoms with Crippen LogP contribution in [0.25, 0.3) is 10.6 Å². The molecule has 0 amide bonds. The quantitative estimate of drug-likeness (QED) is 0.736. The minimum Gasteiger partial charge on any atom is -0.268 e. The predicted octanol–water partition coefficient (Wildman–Crippen LogP) is 3.09. The lowest BCUT2D eigenvalue weighted by molar-refractivity contribution is 0.396. The number of aromatic nitrogens is 2. The Kier molecular flexibility index (Phi) is 6.70. The van der Waals surface area contributed by atoms with Gasteiger partial charge in [0.2, 0.25) is 0 Å². The second-order valence-electron chi connectivity index (χ2n) is 5.54. The lowest BCUT2D eigenvalue weighted by Crippen LogP contribution is -2.32. The van der Waals surface area contributed by atoms with E-state index in [9.17, 15) is 13.2 Å². The van der Waals surface area contributed by atoms with Gasteiger partial charge in [-0.25, -0.2) is 13.5 Å². The minimum atomic E-state index is -3.49. The second-order valence-corrected chi connectivity index (χ2v) is 8.78. The van der Waals surface area contributed by atoms with Crippen LogP contribution in [0.4, 0.5) is 0 Å². The molecule has 0 aliphatic rings. The molecule has 2 heterocycles. The monoisotopic (exact) mass is 369 g/mol. The molecule has 0 saturated heterocycles. The van der Waals surface area contributed by atoms with E-state index >= 15 is 0 Å². The van der Waals surface area contributed by atoms with Crippen molar-refractivity contribution in [2.24, 2.45) is 0 Å². The Morgan fingerprint density at radius 2 is 1.75 bits per heavy atom. The fraction of sp³-hybridized carbons (Fsp3) is 0.500. The number of rotatable bonds is 9. The van der Waals surface area contributed by atoms with Crippen molar-refractivity contribution in [1.29, 1.82) is 0 Å². The molecule has 0 atom stereocenters. The molecule has 0 saturated carbocycles. The molecular weight excluding hydrogens is 346 g/mol. The summed E-state index contributed by atoms with van der Waals surface area (Å²) in [6.07, 6.45) is 3.61. The van der Waals surface area contributed by atoms with Gasteiger partial charge in [-0.1, -0.05) is 26.7 Å². The molecule has 0 aromatic carbocycles. The van der Waals surface area contributed by atoms with E-state index in [1.54, 1.807) is 22.5 Å². The maximum atomic E-state index is 12.9. The Labute approximate surface area is 146 Å². The van der Waals surface area contributed by atoms with Crippen molar-refractivity contribution in [1.82, 2.24) is 14.5 Å². The molecule has 0 bridgehead atoms. The summed E-state index contributed by atoms with van der Waals surface area (Å²) in [5, 5.41) is 6.32. The summed E-state index contributed by atoms with van der Waals surface area (Å²) in [5.41, 5.74) is 0.281. The highest BCUT2D eigenvalue weighted by Crippen LogP contribution is 2.31. The van der Waals surface area contributed by atoms with Gasteiger partial charge in [-0.3, -0.25) is 4.79 Å². The Balaban J connectivity index is 2.27. The molecule has 2 aromatic rings. The third kappa shape index (κ3) is 4.52. The number of sulfonamides is 1. The van der Waals surface area contributed by atoms with Crippen LogP contribution in [0.5, 0.6) is 0 Å². The number of H-pyrrole nitrogens is 1. The zero-order valence-corrected chi connectivity index (χ0v) is 15.6. The number of hydrogen-bond acceptors (Lipinski definition) is 5. The third-order valence-electron chi connectivity index (χ3n) is 3.63. The average Bonchev–Trinajstić information content (AvgIpc) is 3.06. The summed E-state index contributed by atoms with van der Waals surface area (Å²) in [7, 11) is -3.49. The van der Waals surface area contributed by atoms with Crippen molar-refractivity contribution in [2.75, 3.05) is 13.1 Å². The fourth-order valence-electron chi connectivity index (χ4n) is 2.23. The van der Waals surface area contributed by atoms with Crippen LogP contribution in [0.15, 0.2) is 33.3 Å². The summed E-state index contributed by atoms with van der Waals surface area (Å²) < 4.78 is 27.7. The number of aromatic amines is 1. The Hall–Kier alpha value is -1.51. The highest BCUT2D eigenvalue weighted by atomic mass is 32.2. The predicted molar refractivity (Wildman–Crippen MR) is 96.7 cm³/mol. The first-order chi connectivity index (χ1) is 11.5. The van der Waals surface area contributed by atoms with E-state index in [-0.39, 0.29) is 5.56 Å². The average molecular weight is 370 g/mol. The van der Waals surface area contributed by atoms with E-state index in [0.29, 0.717) is 23.0 Å². The number of nitrogens with zero attached hydrogens (tertiary/aromatic N) is 2. The molecule has 132 valence electrons. The van der Waals surface area contributed by atoms with Crippen LogP contribution >= 0.6 is 11.3 Å². The Morgan fingerprint density at radius 1 is 1.08 bits per heavy atom. The molecule has 2 rings (SSSR count). The largest absolute Gasteiger partial charge is 0.268 e. The van der Waals surface area contributed by atoms with E-state index in [1.165, 1.54) is 17.4 Å². The van der Waals surface area contributed by atoms with Gasteiger partial charge in [0.05, 0.1) is 4.88 Å². The molecule has 0 unspecified atom stereocenters. The van der Waals surface area contributed by atoms with Gasteiger partial charge in [0.25, 0.3) is 15.6 Å². The van der Waals surface area contributed by atoms with Crippen LogP contribution in [0.1, 0.15) is 39.5 Å². The Bertz CT molecular complexity index is 783. The number of hydrogen-bond donors (Lipinski definition) is 1. The van der Waals surface area contributed by atoms with Gasteiger partial charge in [-0.15, -0.1) is 11.3 Å². The molecule has 0 aliphatic carbocycles. The summed E-state index contributed by atoms with van der Waals surface area (Å²) in [6.45, 7) is 5.19. The number of unbranched alkanes of at least 4 members (excludes halogenated alkanes) is 2. The summed E-state index contributed by atoms with van der Waals surface area (Å²) >= 11 is 1.18. The van der Waals surface area contributed by atoms with Crippen molar-refractivity contribution in [2.45, 2.75) is 43.7 Å². The van der Waals surface area contributed by atoms with Crippen molar-refractivity contribution < 1.29 is 8.42 Å². The maximum absolute atomic E-state index is 12.9. The molecular formula is C16H23N3O3S2. The molecule has 1 N–H and O–H groups in total. The van der Waals surface area contributed by atoms with Gasteiger partial charge in [0.15, 0.2) is 0 Å². The van der Waals surface area contributed by atoms with Crippen LogP contribution in [0, 0.1) is 0 Å². The molecule has 8 heteroatoms. The van der Waals surface area contributed by atoms with E-state index in [2.05, 4.69) is 24.0 Å². The van der Waals surface area contributed by atoms with Crippen molar-refractivity contribution >= 4 is 21.4 Å². The fourth-order valence-corrected chi connectivity index (χ4v) is 5.17. The number of thiophene rings is 1. The summed E-state index contributed by atoms with van der Waals surface area (Å²) in [6, 6.07) is 6.32. The molecule has 2 aromatic heterocycles. The van der Waals surface area contributed by atoms with E-state index in [4.69, 9.17) is 0 Å². The zero-order chi connectivity index (χ0) is 17.6. The van der Waals surface area contributed by atoms with Crippen LogP contribution in [0.2, 0.25) is 0 Å². The topological polar surface area (TPSA) is 83.1 Å². The van der Waals surface area contributed by atoms with Crippen LogP contribution in [-0.4, -0.2) is 36.0 Å². The lowest BCUT2D eigenvalue weighted by Gasteiger charge is -2.20. The van der Waals surface area contributed by atoms with Gasteiger partial charge in [0.1, 0.15) is 9.90 Å². The highest BCUT2D eigenvalue weighted by Gasteiger charge is 2.25. The molecule has 24 heavy (non-hydrogen) atoms. The first kappa shape index (κ1) is 18.8. The number of nitrogens with one attached hydrogen (secondary N) is 1. The third-order valence-corrected chi connectivity index (χ3v) is 7.10. The van der Waals surface area contributed by atoms with E-state index in [1.807, 2.05) is 0 Å². The second kappa shape index (κ2) is 8.55. The van der Waals surface area contributed by atoms with Crippen LogP contribution < -0.4 is 5.56 Å². The highest BCUT2D eigenvalue weighted by molar-refractivity contribution is 7.91. The van der Waals surface area contributed by atoms with Gasteiger partial charge in [0, 0.05) is 19.2 Å². The van der Waals surface area contributed by atoms with Gasteiger partial charge in [-0.05, 0) is 31.0 Å². The summed E-state index contributed by atoms with van der Waals surface area (Å²) in [4.78, 5) is 11.8. The minimum absolute atomic E-state index is 0.284. The van der Waals surface area contributed by atoms with Crippen molar-refractivity contribution in [3.8, 4) is 10.6 Å². The van der Waals surface area contributed by atoms with Crippen LogP contribution in [-0.2, 0) is 10.0 Å². The maximum Gasteiger partial charge on any atom is 0.264 e. The smallest absolute Gasteiger partial charge is 0.264 e. The molecule has 0 radical (unpaired) electrons. The van der Waals surface area contributed by atoms with Gasteiger partial charge >= 0.3 is 0 Å². The van der Waals surface area contributed by atoms with Crippen molar-refractivity contribution in [3.63, 3.8) is 0 Å². The van der Waals surface area contributed by atoms with E-state index < -0.39 is 10.0 Å². The van der Waals surface area contributed by atoms with Crippen molar-refractivity contribution in [3.05, 3.63) is 34.6 Å². The first-order valence-corrected chi connectivity index (χ1v) is 10.4. The summed E-state index contributed by atoms with van der Waals surface area (Å²) in [5.74, 6) is 0. The normalized spacial score (nSPS) is 12.0. The standard InChI is InChI=1S/C16H23N3O3S2/c1-3-5-11-19(12-6-4-2)24(21,22)16-10-8-14(23-16)13-7-9-15(20)18-17-13/h7-10H,3-6,11-12H2,1-2H3,(H,18,20). The lowest BCUT2D eigenvalue weighted by atomic mass is 10.3. The molecule has 6 nitrogen and oxygen atoms in total. The van der Waals surface area contributed by atoms with Crippen LogP contribution in [0.3, 0.4) is 0 Å². The zero-order valence-electron chi connectivity index (χ0n) is 14.0.